The van der Waals surface area contributed by atoms with Crippen LogP contribution in [0.1, 0.15) is 0 Å². The fourth-order valence-corrected chi connectivity index (χ4v) is 0.145. The van der Waals surface area contributed by atoms with E-state index in [0.29, 0.717) is 0 Å². The SMILES string of the molecule is F.N=C(N)NC(=N)N. The van der Waals surface area contributed by atoms with Crippen LogP contribution in [0.3, 0.4) is 0 Å². The van der Waals surface area contributed by atoms with Gasteiger partial charge in [-0.3, -0.25) is 20.8 Å². The molecule has 5 nitrogen and oxygen atoms in total. The lowest BCUT2D eigenvalue weighted by molar-refractivity contribution is 1.11. The lowest BCUT2D eigenvalue weighted by Gasteiger charge is -1.95. The monoisotopic (exact) mass is 121 g/mol. The van der Waals surface area contributed by atoms with E-state index in [2.05, 4.69) is 0 Å². The molecule has 0 aromatic rings. The average molecular weight is 121 g/mol. The summed E-state index contributed by atoms with van der Waals surface area (Å²) in [5.74, 6) is -0.625. The van der Waals surface area contributed by atoms with Crippen molar-refractivity contribution in [2.75, 3.05) is 0 Å². The fourth-order valence-electron chi connectivity index (χ4n) is 0.145. The maximum absolute atomic E-state index is 6.47. The van der Waals surface area contributed by atoms with Crippen molar-refractivity contribution in [2.45, 2.75) is 0 Å². The predicted octanol–water partition coefficient (Wildman–Crippen LogP) is -1.48. The van der Waals surface area contributed by atoms with Crippen molar-refractivity contribution in [1.29, 1.82) is 10.8 Å². The van der Waals surface area contributed by atoms with Gasteiger partial charge in [0, 0.05) is 0 Å². The van der Waals surface area contributed by atoms with E-state index in [1.54, 1.807) is 0 Å². The summed E-state index contributed by atoms with van der Waals surface area (Å²) in [7, 11) is 0. The molecule has 0 aliphatic carbocycles. The van der Waals surface area contributed by atoms with Crippen LogP contribution >= 0.6 is 0 Å². The molecule has 0 aliphatic rings. The minimum absolute atomic E-state index is 0. The van der Waals surface area contributed by atoms with Gasteiger partial charge in [0.2, 0.25) is 0 Å². The van der Waals surface area contributed by atoms with E-state index in [9.17, 15) is 0 Å². The van der Waals surface area contributed by atoms with Crippen LogP contribution < -0.4 is 16.8 Å². The summed E-state index contributed by atoms with van der Waals surface area (Å²) in [6, 6.07) is 0. The molecule has 0 spiro atoms. The summed E-state index contributed by atoms with van der Waals surface area (Å²) < 4.78 is 0. The Hall–Kier alpha value is -1.33. The highest BCUT2D eigenvalue weighted by Crippen LogP contribution is 1.44. The molecule has 0 radical (unpaired) electrons. The highest BCUT2D eigenvalue weighted by atomic mass is 19.0. The number of hydrogen-bond acceptors (Lipinski definition) is 2. The van der Waals surface area contributed by atoms with Crippen LogP contribution in [0.15, 0.2) is 0 Å². The van der Waals surface area contributed by atoms with Crippen LogP contribution in [0.4, 0.5) is 4.70 Å². The minimum Gasteiger partial charge on any atom is -0.370 e. The molecule has 0 amide bonds. The van der Waals surface area contributed by atoms with E-state index in [1.807, 2.05) is 5.32 Å². The third-order valence-corrected chi connectivity index (χ3v) is 0.269. The van der Waals surface area contributed by atoms with Gasteiger partial charge in [-0.25, -0.2) is 0 Å². The van der Waals surface area contributed by atoms with Crippen molar-refractivity contribution < 1.29 is 4.70 Å². The van der Waals surface area contributed by atoms with Crippen LogP contribution in [0.5, 0.6) is 0 Å². The van der Waals surface area contributed by atoms with Gasteiger partial charge in [0.15, 0.2) is 11.9 Å². The second kappa shape index (κ2) is 3.85. The summed E-state index contributed by atoms with van der Waals surface area (Å²) >= 11 is 0. The molecule has 0 unspecified atom stereocenters. The molecule has 0 aromatic carbocycles. The first kappa shape index (κ1) is 9.83. The van der Waals surface area contributed by atoms with Gasteiger partial charge in [-0.05, 0) is 0 Å². The number of hydrogen-bond donors (Lipinski definition) is 5. The van der Waals surface area contributed by atoms with E-state index in [0.717, 1.165) is 0 Å². The zero-order chi connectivity index (χ0) is 5.86. The lowest BCUT2D eigenvalue weighted by Crippen LogP contribution is -2.39. The maximum atomic E-state index is 6.47. The van der Waals surface area contributed by atoms with E-state index in [1.165, 1.54) is 0 Å². The molecule has 0 aliphatic heterocycles. The van der Waals surface area contributed by atoms with Gasteiger partial charge < -0.3 is 11.5 Å². The van der Waals surface area contributed by atoms with Crippen LogP contribution in [0, 0.1) is 10.8 Å². The van der Waals surface area contributed by atoms with Crippen molar-refractivity contribution in [3.8, 4) is 0 Å². The van der Waals surface area contributed by atoms with Crippen LogP contribution in [0.2, 0.25) is 0 Å². The Morgan fingerprint density at radius 1 is 1.12 bits per heavy atom. The Morgan fingerprint density at radius 3 is 1.38 bits per heavy atom. The summed E-state index contributed by atoms with van der Waals surface area (Å²) in [5, 5.41) is 15.0. The molecule has 0 fully saturated rings. The number of nitrogens with two attached hydrogens (primary N) is 2. The molecular formula is C2H8FN5. The van der Waals surface area contributed by atoms with Crippen molar-refractivity contribution in [3.05, 3.63) is 0 Å². The third kappa shape index (κ3) is 8.82. The fraction of sp³-hybridized carbons (Fsp3) is 0. The summed E-state index contributed by atoms with van der Waals surface area (Å²) in [5.41, 5.74) is 9.49. The van der Waals surface area contributed by atoms with E-state index >= 15 is 0 Å². The molecule has 0 atom stereocenters. The van der Waals surface area contributed by atoms with Gasteiger partial charge in [-0.1, -0.05) is 0 Å². The first-order valence-electron chi connectivity index (χ1n) is 1.58. The van der Waals surface area contributed by atoms with Gasteiger partial charge >= 0.3 is 0 Å². The molecule has 0 rings (SSSR count). The van der Waals surface area contributed by atoms with Gasteiger partial charge in [0.05, 0.1) is 0 Å². The second-order valence-corrected chi connectivity index (χ2v) is 0.952. The average Bonchev–Trinajstić information content (AvgIpc) is 1.27. The van der Waals surface area contributed by atoms with E-state index in [4.69, 9.17) is 22.3 Å². The van der Waals surface area contributed by atoms with Crippen molar-refractivity contribution >= 4 is 11.9 Å². The first-order valence-corrected chi connectivity index (χ1v) is 1.58. The Morgan fingerprint density at radius 2 is 1.38 bits per heavy atom. The van der Waals surface area contributed by atoms with Crippen molar-refractivity contribution in [2.24, 2.45) is 11.5 Å². The third-order valence-electron chi connectivity index (χ3n) is 0.269. The Labute approximate surface area is 45.4 Å². The lowest BCUT2D eigenvalue weighted by atomic mass is 10.9. The normalized spacial score (nSPS) is 6.50. The van der Waals surface area contributed by atoms with Crippen molar-refractivity contribution in [1.82, 2.24) is 5.32 Å². The standard InChI is InChI=1S/C2H7N5.FH/c3-1(4)7-2(5)6;/h(H7,3,4,5,6,7);1H. The second-order valence-electron chi connectivity index (χ2n) is 0.952. The smallest absolute Gasteiger partial charge is 0.192 e. The van der Waals surface area contributed by atoms with Crippen molar-refractivity contribution in [3.63, 3.8) is 0 Å². The molecule has 8 heavy (non-hydrogen) atoms. The molecule has 0 aromatic heterocycles. The molecule has 0 saturated carbocycles. The van der Waals surface area contributed by atoms with E-state index in [-0.39, 0.29) is 16.6 Å². The first-order chi connectivity index (χ1) is 3.13. The molecule has 6 heteroatoms. The van der Waals surface area contributed by atoms with Gasteiger partial charge in [0.1, 0.15) is 0 Å². The molecular weight excluding hydrogens is 113 g/mol. The van der Waals surface area contributed by atoms with Gasteiger partial charge in [0.25, 0.3) is 0 Å². The molecule has 0 bridgehead atoms. The Bertz CT molecular complexity index is 86.6. The summed E-state index contributed by atoms with van der Waals surface area (Å²) in [6.45, 7) is 0. The highest BCUT2D eigenvalue weighted by Gasteiger charge is 1.83. The molecule has 48 valence electrons. The Kier molecular flexibility index (Phi) is 4.73. The molecule has 7 N–H and O–H groups in total. The zero-order valence-electron chi connectivity index (χ0n) is 4.06. The maximum Gasteiger partial charge on any atom is 0.192 e. The number of rotatable bonds is 0. The van der Waals surface area contributed by atoms with Crippen LogP contribution in [-0.2, 0) is 0 Å². The van der Waals surface area contributed by atoms with Gasteiger partial charge in [-0.15, -0.1) is 0 Å². The van der Waals surface area contributed by atoms with Gasteiger partial charge in [-0.2, -0.15) is 0 Å². The zero-order valence-corrected chi connectivity index (χ0v) is 4.06. The number of guanidine groups is 2. The number of halogens is 1. The largest absolute Gasteiger partial charge is 0.370 e. The van der Waals surface area contributed by atoms with Crippen LogP contribution in [-0.4, -0.2) is 11.9 Å². The summed E-state index contributed by atoms with van der Waals surface area (Å²) in [6.07, 6.45) is 0. The molecule has 0 saturated heterocycles. The Balaban J connectivity index is 0. The topological polar surface area (TPSA) is 112 Å². The number of nitrogens with one attached hydrogen (secondary N) is 3. The quantitative estimate of drug-likeness (QED) is 0.199. The van der Waals surface area contributed by atoms with Crippen LogP contribution in [0.25, 0.3) is 0 Å². The van der Waals surface area contributed by atoms with E-state index < -0.39 is 0 Å². The summed E-state index contributed by atoms with van der Waals surface area (Å²) in [4.78, 5) is 0. The predicted molar refractivity (Wildman–Crippen MR) is 29.5 cm³/mol. The molecule has 0 heterocycles. The minimum atomic E-state index is -0.312. The highest BCUT2D eigenvalue weighted by molar-refractivity contribution is 5.93.